The predicted molar refractivity (Wildman–Crippen MR) is 306 cm³/mol. The normalized spacial score (nSPS) is 12.9. The summed E-state index contributed by atoms with van der Waals surface area (Å²) >= 11 is 0. The minimum Gasteiger partial charge on any atom is -0.462 e. The van der Waals surface area contributed by atoms with Gasteiger partial charge < -0.3 is 14.2 Å². The van der Waals surface area contributed by atoms with Crippen LogP contribution in [0.25, 0.3) is 0 Å². The molecule has 0 aliphatic heterocycles. The lowest BCUT2D eigenvalue weighted by Gasteiger charge is -2.18. The number of rotatable bonds is 54. The monoisotopic (exact) mass is 973 g/mol. The third-order valence-corrected chi connectivity index (χ3v) is 12.6. The molecule has 1 atom stereocenters. The van der Waals surface area contributed by atoms with E-state index in [-0.39, 0.29) is 25.2 Å². The molecule has 0 aliphatic rings. The molecule has 5 heteroatoms. The fourth-order valence-electron chi connectivity index (χ4n) is 8.19. The van der Waals surface area contributed by atoms with E-state index in [0.29, 0.717) is 19.4 Å². The van der Waals surface area contributed by atoms with Crippen LogP contribution in [0.2, 0.25) is 0 Å². The van der Waals surface area contributed by atoms with E-state index >= 15 is 0 Å². The third kappa shape index (κ3) is 57.4. The lowest BCUT2D eigenvalue weighted by Crippen LogP contribution is -2.30. The third-order valence-electron chi connectivity index (χ3n) is 12.6. The van der Waals surface area contributed by atoms with Crippen molar-refractivity contribution in [2.75, 3.05) is 19.8 Å². The maximum atomic E-state index is 12.9. The van der Waals surface area contributed by atoms with Crippen LogP contribution in [0, 0.1) is 0 Å². The summed E-state index contributed by atoms with van der Waals surface area (Å²) < 4.78 is 17.5. The first-order valence-electron chi connectivity index (χ1n) is 29.8. The van der Waals surface area contributed by atoms with E-state index in [4.69, 9.17) is 14.2 Å². The van der Waals surface area contributed by atoms with Crippen LogP contribution in [0.4, 0.5) is 0 Å². The van der Waals surface area contributed by atoms with E-state index in [1.54, 1.807) is 0 Å². The summed E-state index contributed by atoms with van der Waals surface area (Å²) in [5.74, 6) is -0.420. The standard InChI is InChI=1S/C65H112O5/c1-4-7-10-13-16-19-22-25-28-30-32-34-36-39-42-45-48-51-54-57-60-68-61-63(70-65(67)59-56-53-50-47-44-41-37-27-24-21-18-15-12-9-6-3)62-69-64(66)58-55-52-49-46-43-40-38-35-33-31-29-26-23-20-17-14-11-8-5-2/h7,10,16-17,19-20,25-26,28-29,32-35,39,42,63H,4-6,8-9,11-15,18,21-24,27,30-31,36-38,40-41,43-62H2,1-3H3/b10-7-,19-16-,20-17-,28-25-,29-26-,34-32-,35-33-,42-39-. The second-order valence-corrected chi connectivity index (χ2v) is 19.5. The molecule has 0 saturated carbocycles. The summed E-state index contributed by atoms with van der Waals surface area (Å²) in [4.78, 5) is 25.6. The molecule has 5 nitrogen and oxygen atoms in total. The minimum atomic E-state index is -0.560. The number of carbonyl (C=O) groups is 2. The first-order valence-corrected chi connectivity index (χ1v) is 29.8. The van der Waals surface area contributed by atoms with Crippen LogP contribution in [-0.2, 0) is 23.8 Å². The van der Waals surface area contributed by atoms with Crippen molar-refractivity contribution in [2.24, 2.45) is 0 Å². The molecule has 0 aromatic carbocycles. The zero-order valence-corrected chi connectivity index (χ0v) is 46.3. The summed E-state index contributed by atoms with van der Waals surface area (Å²) in [5.41, 5.74) is 0. The molecule has 0 bridgehead atoms. The molecule has 0 radical (unpaired) electrons. The second-order valence-electron chi connectivity index (χ2n) is 19.5. The van der Waals surface area contributed by atoms with Crippen LogP contribution in [-0.4, -0.2) is 37.9 Å². The largest absolute Gasteiger partial charge is 0.462 e. The lowest BCUT2D eigenvalue weighted by molar-refractivity contribution is -0.163. The van der Waals surface area contributed by atoms with E-state index in [1.165, 1.54) is 141 Å². The van der Waals surface area contributed by atoms with Crippen molar-refractivity contribution in [3.63, 3.8) is 0 Å². The Balaban J connectivity index is 4.35. The van der Waals surface area contributed by atoms with Crippen LogP contribution in [0.1, 0.15) is 278 Å². The molecule has 0 heterocycles. The Bertz CT molecular complexity index is 1330. The van der Waals surface area contributed by atoms with Crippen LogP contribution in [0.3, 0.4) is 0 Å². The van der Waals surface area contributed by atoms with E-state index in [1.807, 2.05) is 0 Å². The summed E-state index contributed by atoms with van der Waals surface area (Å²) in [6.07, 6.45) is 81.4. The Kier molecular flexibility index (Phi) is 57.4. The zero-order chi connectivity index (χ0) is 50.6. The van der Waals surface area contributed by atoms with Crippen molar-refractivity contribution in [3.05, 3.63) is 97.2 Å². The number of hydrogen-bond acceptors (Lipinski definition) is 5. The van der Waals surface area contributed by atoms with Crippen molar-refractivity contribution >= 4 is 11.9 Å². The quantitative estimate of drug-likeness (QED) is 0.0345. The molecule has 70 heavy (non-hydrogen) atoms. The summed E-state index contributed by atoms with van der Waals surface area (Å²) in [6, 6.07) is 0. The van der Waals surface area contributed by atoms with Crippen molar-refractivity contribution in [1.29, 1.82) is 0 Å². The fourth-order valence-corrected chi connectivity index (χ4v) is 8.19. The highest BCUT2D eigenvalue weighted by atomic mass is 16.6. The van der Waals surface area contributed by atoms with Crippen molar-refractivity contribution < 1.29 is 23.8 Å². The molecule has 0 aliphatic carbocycles. The number of esters is 2. The molecule has 1 unspecified atom stereocenters. The Labute approximate surface area is 434 Å². The number of unbranched alkanes of at least 4 members (excludes halogenated alkanes) is 27. The second kappa shape index (κ2) is 60.1. The molecular weight excluding hydrogens is 861 g/mol. The van der Waals surface area contributed by atoms with Gasteiger partial charge in [-0.1, -0.05) is 259 Å². The Morgan fingerprint density at radius 3 is 1.06 bits per heavy atom. The number of ether oxygens (including phenoxy) is 3. The van der Waals surface area contributed by atoms with Gasteiger partial charge in [0.15, 0.2) is 6.10 Å². The van der Waals surface area contributed by atoms with Crippen molar-refractivity contribution in [3.8, 4) is 0 Å². The van der Waals surface area contributed by atoms with Gasteiger partial charge in [-0.2, -0.15) is 0 Å². The first kappa shape index (κ1) is 66.8. The first-order chi connectivity index (χ1) is 34.6. The average Bonchev–Trinajstić information content (AvgIpc) is 3.36. The van der Waals surface area contributed by atoms with Gasteiger partial charge >= 0.3 is 11.9 Å². The molecule has 0 N–H and O–H groups in total. The van der Waals surface area contributed by atoms with Gasteiger partial charge in [-0.15, -0.1) is 0 Å². The SMILES string of the molecule is CC/C=C\C/C=C\C/C=C\C/C=C\C/C=C\CCCCCCOCC(COC(=O)CCCCCCCC/C=C\C/C=C\C/C=C\CCCCC)OC(=O)CCCCCCCCCCCCCCCCC. The number of hydrogen-bond donors (Lipinski definition) is 0. The lowest BCUT2D eigenvalue weighted by atomic mass is 10.0. The highest BCUT2D eigenvalue weighted by molar-refractivity contribution is 5.70. The van der Waals surface area contributed by atoms with Gasteiger partial charge in [0.2, 0.25) is 0 Å². The van der Waals surface area contributed by atoms with Gasteiger partial charge in [-0.05, 0) is 103 Å². The van der Waals surface area contributed by atoms with Gasteiger partial charge in [-0.25, -0.2) is 0 Å². The van der Waals surface area contributed by atoms with Crippen LogP contribution in [0.15, 0.2) is 97.2 Å². The molecule has 0 spiro atoms. The molecule has 0 aromatic rings. The smallest absolute Gasteiger partial charge is 0.306 e. The van der Waals surface area contributed by atoms with E-state index in [0.717, 1.165) is 103 Å². The average molecular weight is 974 g/mol. The highest BCUT2D eigenvalue weighted by Gasteiger charge is 2.17. The fraction of sp³-hybridized carbons (Fsp3) is 0.723. The number of carbonyl (C=O) groups excluding carboxylic acids is 2. The molecule has 0 amide bonds. The minimum absolute atomic E-state index is 0.0656. The van der Waals surface area contributed by atoms with Crippen LogP contribution >= 0.6 is 0 Å². The Morgan fingerprint density at radius 1 is 0.329 bits per heavy atom. The van der Waals surface area contributed by atoms with E-state index in [2.05, 4.69) is 118 Å². The summed E-state index contributed by atoms with van der Waals surface area (Å²) in [6.45, 7) is 7.64. The molecule has 0 rings (SSSR count). The van der Waals surface area contributed by atoms with Gasteiger partial charge in [0, 0.05) is 19.4 Å². The molecule has 0 fully saturated rings. The summed E-state index contributed by atoms with van der Waals surface area (Å²) in [7, 11) is 0. The highest BCUT2D eigenvalue weighted by Crippen LogP contribution is 2.15. The summed E-state index contributed by atoms with van der Waals surface area (Å²) in [5, 5.41) is 0. The molecule has 0 aromatic heterocycles. The molecule has 0 saturated heterocycles. The van der Waals surface area contributed by atoms with Crippen LogP contribution in [0.5, 0.6) is 0 Å². The molecule has 402 valence electrons. The number of allylic oxidation sites excluding steroid dienone is 16. The maximum absolute atomic E-state index is 12.9. The van der Waals surface area contributed by atoms with Gasteiger partial charge in [0.05, 0.1) is 6.61 Å². The van der Waals surface area contributed by atoms with E-state index in [9.17, 15) is 9.59 Å². The Morgan fingerprint density at radius 2 is 0.643 bits per heavy atom. The zero-order valence-electron chi connectivity index (χ0n) is 46.3. The van der Waals surface area contributed by atoms with Crippen LogP contribution < -0.4 is 0 Å². The van der Waals surface area contributed by atoms with Crippen molar-refractivity contribution in [2.45, 2.75) is 284 Å². The van der Waals surface area contributed by atoms with Gasteiger partial charge in [-0.3, -0.25) is 9.59 Å². The van der Waals surface area contributed by atoms with Gasteiger partial charge in [0.25, 0.3) is 0 Å². The molecular formula is C65H112O5. The topological polar surface area (TPSA) is 61.8 Å². The predicted octanol–water partition coefficient (Wildman–Crippen LogP) is 20.6. The Hall–Kier alpha value is -3.18. The van der Waals surface area contributed by atoms with Crippen molar-refractivity contribution in [1.82, 2.24) is 0 Å². The van der Waals surface area contributed by atoms with E-state index < -0.39 is 6.10 Å². The maximum Gasteiger partial charge on any atom is 0.306 e. The van der Waals surface area contributed by atoms with Gasteiger partial charge in [0.1, 0.15) is 6.61 Å².